The highest BCUT2D eigenvalue weighted by Gasteiger charge is 2.22. The molecule has 4 nitrogen and oxygen atoms in total. The number of hydrogen-bond donors (Lipinski definition) is 0. The summed E-state index contributed by atoms with van der Waals surface area (Å²) >= 11 is 0. The molecule has 1 unspecified atom stereocenters. The summed E-state index contributed by atoms with van der Waals surface area (Å²) < 4.78 is 2.06. The number of para-hydroxylation sites is 2. The van der Waals surface area contributed by atoms with Gasteiger partial charge in [-0.1, -0.05) is 17.3 Å². The molecule has 0 spiro atoms. The minimum absolute atomic E-state index is 0.0256. The molecule has 0 bridgehead atoms. The predicted molar refractivity (Wildman–Crippen MR) is 57.6 cm³/mol. The van der Waals surface area contributed by atoms with Gasteiger partial charge < -0.3 is 9.40 Å². The van der Waals surface area contributed by atoms with Crippen molar-refractivity contribution in [2.75, 3.05) is 0 Å². The van der Waals surface area contributed by atoms with Crippen LogP contribution in [-0.4, -0.2) is 15.8 Å². The van der Waals surface area contributed by atoms with E-state index in [9.17, 15) is 0 Å². The van der Waals surface area contributed by atoms with Gasteiger partial charge in [0, 0.05) is 19.7 Å². The Bertz CT molecular complexity index is 522. The zero-order chi connectivity index (χ0) is 10.3. The fraction of sp³-hybridized carbons (Fsp3) is 0.273. The zero-order valence-corrected chi connectivity index (χ0v) is 8.42. The van der Waals surface area contributed by atoms with Crippen molar-refractivity contribution in [3.63, 3.8) is 0 Å². The van der Waals surface area contributed by atoms with Crippen LogP contribution in [0.15, 0.2) is 29.4 Å². The number of rotatable bonds is 1. The molecule has 76 valence electrons. The molecule has 1 aromatic heterocycles. The Labute approximate surface area is 87.2 Å². The zero-order valence-electron chi connectivity index (χ0n) is 8.42. The monoisotopic (exact) mass is 201 g/mol. The first-order valence-corrected chi connectivity index (χ1v) is 4.95. The van der Waals surface area contributed by atoms with Crippen molar-refractivity contribution in [2.24, 2.45) is 12.2 Å². The van der Waals surface area contributed by atoms with E-state index in [1.54, 1.807) is 6.21 Å². The molecule has 0 saturated heterocycles. The van der Waals surface area contributed by atoms with Crippen LogP contribution in [0, 0.1) is 0 Å². The molecule has 2 heterocycles. The van der Waals surface area contributed by atoms with Gasteiger partial charge in [-0.05, 0) is 12.1 Å². The third-order valence-electron chi connectivity index (χ3n) is 2.69. The maximum absolute atomic E-state index is 5.24. The lowest BCUT2D eigenvalue weighted by Gasteiger charge is -2.07. The first kappa shape index (κ1) is 8.47. The molecule has 1 aromatic carbocycles. The number of aryl methyl sites for hydroxylation is 1. The Balaban J connectivity index is 2.15. The first-order chi connectivity index (χ1) is 7.36. The molecule has 3 rings (SSSR count). The van der Waals surface area contributed by atoms with E-state index in [1.807, 2.05) is 25.2 Å². The van der Waals surface area contributed by atoms with E-state index in [4.69, 9.17) is 4.84 Å². The quantitative estimate of drug-likeness (QED) is 0.708. The maximum Gasteiger partial charge on any atom is 0.189 e. The summed E-state index contributed by atoms with van der Waals surface area (Å²) in [5.41, 5.74) is 2.13. The molecule has 0 N–H and O–H groups in total. The number of aromatic nitrogens is 2. The van der Waals surface area contributed by atoms with Crippen LogP contribution >= 0.6 is 0 Å². The molecule has 1 atom stereocenters. The fourth-order valence-corrected chi connectivity index (χ4v) is 1.90. The van der Waals surface area contributed by atoms with E-state index in [-0.39, 0.29) is 6.10 Å². The van der Waals surface area contributed by atoms with Gasteiger partial charge in [-0.15, -0.1) is 0 Å². The van der Waals surface area contributed by atoms with E-state index in [0.29, 0.717) is 0 Å². The summed E-state index contributed by atoms with van der Waals surface area (Å²) in [6, 6.07) is 8.07. The Morgan fingerprint density at radius 1 is 1.40 bits per heavy atom. The summed E-state index contributed by atoms with van der Waals surface area (Å²) in [6.07, 6.45) is 2.56. The second-order valence-electron chi connectivity index (χ2n) is 3.64. The average Bonchev–Trinajstić information content (AvgIpc) is 2.87. The van der Waals surface area contributed by atoms with Gasteiger partial charge in [0.05, 0.1) is 11.0 Å². The van der Waals surface area contributed by atoms with Gasteiger partial charge in [-0.25, -0.2) is 4.98 Å². The lowest BCUT2D eigenvalue weighted by Crippen LogP contribution is -2.04. The van der Waals surface area contributed by atoms with E-state index in [0.717, 1.165) is 23.3 Å². The second kappa shape index (κ2) is 3.08. The minimum Gasteiger partial charge on any atom is -0.384 e. The summed E-state index contributed by atoms with van der Waals surface area (Å²) in [5, 5.41) is 3.77. The number of imidazole rings is 1. The van der Waals surface area contributed by atoms with Gasteiger partial charge in [0.25, 0.3) is 0 Å². The van der Waals surface area contributed by atoms with Gasteiger partial charge in [0.2, 0.25) is 0 Å². The standard InChI is InChI=1S/C11H11N3O/c1-14-9-5-3-2-4-8(9)13-11(14)10-6-7-12-15-10/h2-5,7,10H,6H2,1H3. The molecule has 0 aliphatic carbocycles. The van der Waals surface area contributed by atoms with Gasteiger partial charge in [-0.2, -0.15) is 0 Å². The molecule has 0 amide bonds. The smallest absolute Gasteiger partial charge is 0.189 e. The highest BCUT2D eigenvalue weighted by Crippen LogP contribution is 2.26. The summed E-state index contributed by atoms with van der Waals surface area (Å²) in [5.74, 6) is 0.939. The van der Waals surface area contributed by atoms with Crippen molar-refractivity contribution in [1.82, 2.24) is 9.55 Å². The summed E-state index contributed by atoms with van der Waals surface area (Å²) in [7, 11) is 2.01. The number of nitrogens with zero attached hydrogens (tertiary/aromatic N) is 3. The van der Waals surface area contributed by atoms with Crippen LogP contribution in [0.25, 0.3) is 11.0 Å². The molecule has 1 aliphatic heterocycles. The Hall–Kier alpha value is -1.84. The van der Waals surface area contributed by atoms with Crippen LogP contribution in [0.3, 0.4) is 0 Å². The van der Waals surface area contributed by atoms with Crippen LogP contribution in [-0.2, 0) is 11.9 Å². The summed E-state index contributed by atoms with van der Waals surface area (Å²) in [6.45, 7) is 0. The van der Waals surface area contributed by atoms with Crippen molar-refractivity contribution in [2.45, 2.75) is 12.5 Å². The Morgan fingerprint density at radius 3 is 3.00 bits per heavy atom. The third kappa shape index (κ3) is 1.21. The molecule has 0 radical (unpaired) electrons. The fourth-order valence-electron chi connectivity index (χ4n) is 1.90. The Kier molecular flexibility index (Phi) is 1.74. The molecule has 0 fully saturated rings. The number of oxime groups is 1. The summed E-state index contributed by atoms with van der Waals surface area (Å²) in [4.78, 5) is 9.79. The van der Waals surface area contributed by atoms with Gasteiger partial charge in [0.1, 0.15) is 0 Å². The molecular formula is C11H11N3O. The lowest BCUT2D eigenvalue weighted by molar-refractivity contribution is 0.0775. The van der Waals surface area contributed by atoms with Crippen LogP contribution in [0.4, 0.5) is 0 Å². The largest absolute Gasteiger partial charge is 0.384 e. The number of benzene rings is 1. The second-order valence-corrected chi connectivity index (χ2v) is 3.64. The van der Waals surface area contributed by atoms with Crippen molar-refractivity contribution in [1.29, 1.82) is 0 Å². The van der Waals surface area contributed by atoms with Crippen molar-refractivity contribution in [3.05, 3.63) is 30.1 Å². The Morgan fingerprint density at radius 2 is 2.27 bits per heavy atom. The molecule has 0 saturated carbocycles. The molecule has 4 heteroatoms. The molecular weight excluding hydrogens is 190 g/mol. The minimum atomic E-state index is -0.0256. The normalized spacial score (nSPS) is 19.7. The lowest BCUT2D eigenvalue weighted by atomic mass is 10.2. The van der Waals surface area contributed by atoms with Crippen LogP contribution < -0.4 is 0 Å². The highest BCUT2D eigenvalue weighted by molar-refractivity contribution is 5.76. The van der Waals surface area contributed by atoms with Crippen molar-refractivity contribution < 1.29 is 4.84 Å². The number of hydrogen-bond acceptors (Lipinski definition) is 3. The molecule has 15 heavy (non-hydrogen) atoms. The van der Waals surface area contributed by atoms with Crippen LogP contribution in [0.1, 0.15) is 18.3 Å². The van der Waals surface area contributed by atoms with Gasteiger partial charge in [0.15, 0.2) is 11.9 Å². The topological polar surface area (TPSA) is 39.4 Å². The van der Waals surface area contributed by atoms with E-state index >= 15 is 0 Å². The van der Waals surface area contributed by atoms with E-state index in [1.165, 1.54) is 0 Å². The van der Waals surface area contributed by atoms with Crippen molar-refractivity contribution >= 4 is 17.2 Å². The van der Waals surface area contributed by atoms with Gasteiger partial charge in [-0.3, -0.25) is 0 Å². The van der Waals surface area contributed by atoms with Crippen molar-refractivity contribution in [3.8, 4) is 0 Å². The van der Waals surface area contributed by atoms with Crippen LogP contribution in [0.2, 0.25) is 0 Å². The number of fused-ring (bicyclic) bond motifs is 1. The highest BCUT2D eigenvalue weighted by atomic mass is 16.6. The average molecular weight is 201 g/mol. The molecule has 2 aromatic rings. The van der Waals surface area contributed by atoms with Crippen LogP contribution in [0.5, 0.6) is 0 Å². The predicted octanol–water partition coefficient (Wildman–Crippen LogP) is 2.02. The van der Waals surface area contributed by atoms with E-state index < -0.39 is 0 Å². The first-order valence-electron chi connectivity index (χ1n) is 4.95. The maximum atomic E-state index is 5.24. The van der Waals surface area contributed by atoms with Gasteiger partial charge >= 0.3 is 0 Å². The third-order valence-corrected chi connectivity index (χ3v) is 2.69. The van der Waals surface area contributed by atoms with E-state index in [2.05, 4.69) is 20.8 Å². The molecule has 1 aliphatic rings. The SMILES string of the molecule is Cn1c(C2CC=NO2)nc2ccccc21.